The van der Waals surface area contributed by atoms with Gasteiger partial charge in [0, 0.05) is 12.8 Å². The fourth-order valence-electron chi connectivity index (χ4n) is 6.52. The van der Waals surface area contributed by atoms with Crippen LogP contribution in [0.3, 0.4) is 0 Å². The van der Waals surface area contributed by atoms with Crippen LogP contribution in [0.15, 0.2) is 97.2 Å². The maximum Gasteiger partial charge on any atom is 0.306 e. The molecule has 0 saturated carbocycles. The molecule has 330 valence electrons. The number of carbonyl (C=O) groups excluding carboxylic acids is 2. The first-order valence-electron chi connectivity index (χ1n) is 23.5. The maximum absolute atomic E-state index is 13.1. The van der Waals surface area contributed by atoms with Crippen molar-refractivity contribution in [2.45, 2.75) is 212 Å². The molecule has 0 aliphatic heterocycles. The van der Waals surface area contributed by atoms with Gasteiger partial charge in [0.2, 0.25) is 5.91 Å². The Morgan fingerprint density at radius 2 is 1.03 bits per heavy atom. The Labute approximate surface area is 356 Å². The Kier molecular flexibility index (Phi) is 42.4. The Morgan fingerprint density at radius 3 is 1.60 bits per heavy atom. The van der Waals surface area contributed by atoms with E-state index in [9.17, 15) is 19.8 Å². The van der Waals surface area contributed by atoms with Gasteiger partial charge in [-0.05, 0) is 51.4 Å². The lowest BCUT2D eigenvalue weighted by molar-refractivity contribution is -0.150. The fourth-order valence-corrected chi connectivity index (χ4v) is 6.52. The number of hydrogen-bond acceptors (Lipinski definition) is 5. The summed E-state index contributed by atoms with van der Waals surface area (Å²) in [4.78, 5) is 26.0. The molecule has 6 heteroatoms. The van der Waals surface area contributed by atoms with Crippen molar-refractivity contribution >= 4 is 11.9 Å². The molecule has 3 unspecified atom stereocenters. The number of allylic oxidation sites excluding steroid dienone is 15. The summed E-state index contributed by atoms with van der Waals surface area (Å²) in [5.41, 5.74) is 0. The normalized spacial score (nSPS) is 14.2. The second-order valence-electron chi connectivity index (χ2n) is 15.5. The Hall–Kier alpha value is -3.22. The number of aliphatic hydroxyl groups is 2. The summed E-state index contributed by atoms with van der Waals surface area (Å²) in [6.45, 7) is 6.16. The Balaban J connectivity index is 4.72. The summed E-state index contributed by atoms with van der Waals surface area (Å²) >= 11 is 0. The van der Waals surface area contributed by atoms with Crippen molar-refractivity contribution in [2.24, 2.45) is 0 Å². The molecule has 58 heavy (non-hydrogen) atoms. The van der Waals surface area contributed by atoms with Gasteiger partial charge in [0.05, 0.1) is 25.2 Å². The van der Waals surface area contributed by atoms with E-state index in [1.165, 1.54) is 70.6 Å². The van der Waals surface area contributed by atoms with Crippen LogP contribution in [-0.4, -0.2) is 46.9 Å². The molecule has 0 bridgehead atoms. The van der Waals surface area contributed by atoms with Gasteiger partial charge in [-0.2, -0.15) is 0 Å². The highest BCUT2D eigenvalue weighted by Gasteiger charge is 2.23. The number of aliphatic hydroxyl groups excluding tert-OH is 2. The number of rotatable bonds is 40. The quantitative estimate of drug-likeness (QED) is 0.0248. The molecule has 0 saturated heterocycles. The van der Waals surface area contributed by atoms with Crippen LogP contribution in [0.1, 0.15) is 194 Å². The Morgan fingerprint density at radius 1 is 0.552 bits per heavy atom. The maximum atomic E-state index is 13.1. The summed E-state index contributed by atoms with van der Waals surface area (Å²) in [7, 11) is 0. The van der Waals surface area contributed by atoms with Crippen LogP contribution in [0.4, 0.5) is 0 Å². The van der Waals surface area contributed by atoms with Gasteiger partial charge in [0.25, 0.3) is 0 Å². The molecule has 3 atom stereocenters. The molecule has 3 N–H and O–H groups in total. The molecule has 0 aliphatic rings. The zero-order chi connectivity index (χ0) is 42.4. The lowest BCUT2D eigenvalue weighted by atomic mass is 10.0. The standard InChI is InChI=1S/C52H87NO5/c1-4-7-10-13-16-19-22-24-26-29-32-35-38-41-44-50(55)49(47-54)53-51(56)46-48(43-40-37-34-31-28-21-18-15-12-9-6-3)58-52(57)45-42-39-36-33-30-27-25-23-20-17-14-11-8-5-2/h8-9,11-12,15,17-18,20-21,25,27-28,31,34,37,40,48-50,54-55H,4-7,10,13-14,16,19,22-24,26,29-30,32-33,35-36,38-39,41-47H2,1-3H3,(H,53,56)/b11-8+,12-9+,18-15+,20-17+,27-25+,28-21-,34-31-,40-37+. The summed E-state index contributed by atoms with van der Waals surface area (Å²) in [5.74, 6) is -0.643. The Bertz CT molecular complexity index is 1180. The van der Waals surface area contributed by atoms with Crippen LogP contribution < -0.4 is 5.32 Å². The molecule has 0 aromatic heterocycles. The first kappa shape index (κ1) is 54.8. The van der Waals surface area contributed by atoms with Gasteiger partial charge in [-0.15, -0.1) is 0 Å². The second-order valence-corrected chi connectivity index (χ2v) is 15.5. The summed E-state index contributed by atoms with van der Waals surface area (Å²) in [6, 6.07) is -0.748. The third-order valence-corrected chi connectivity index (χ3v) is 10.0. The third kappa shape index (κ3) is 39.6. The van der Waals surface area contributed by atoms with Gasteiger partial charge < -0.3 is 20.3 Å². The van der Waals surface area contributed by atoms with Gasteiger partial charge in [-0.1, -0.05) is 221 Å². The predicted molar refractivity (Wildman–Crippen MR) is 250 cm³/mol. The highest BCUT2D eigenvalue weighted by molar-refractivity contribution is 5.77. The lowest BCUT2D eigenvalue weighted by Crippen LogP contribution is -2.46. The topological polar surface area (TPSA) is 95.9 Å². The van der Waals surface area contributed by atoms with Crippen LogP contribution in [0.25, 0.3) is 0 Å². The van der Waals surface area contributed by atoms with Crippen molar-refractivity contribution in [1.82, 2.24) is 5.32 Å². The van der Waals surface area contributed by atoms with Crippen LogP contribution in [-0.2, 0) is 14.3 Å². The van der Waals surface area contributed by atoms with Crippen molar-refractivity contribution in [2.75, 3.05) is 6.61 Å². The van der Waals surface area contributed by atoms with E-state index in [2.05, 4.69) is 68.6 Å². The molecule has 6 nitrogen and oxygen atoms in total. The molecule has 1 amide bonds. The molecule has 0 fully saturated rings. The minimum absolute atomic E-state index is 0.0329. The van der Waals surface area contributed by atoms with Crippen molar-refractivity contribution in [3.05, 3.63) is 97.2 Å². The van der Waals surface area contributed by atoms with E-state index in [0.29, 0.717) is 19.3 Å². The molecule has 0 rings (SSSR count). The largest absolute Gasteiger partial charge is 0.461 e. The third-order valence-electron chi connectivity index (χ3n) is 10.0. The van der Waals surface area contributed by atoms with Crippen LogP contribution in [0.5, 0.6) is 0 Å². The number of esters is 1. The van der Waals surface area contributed by atoms with E-state index < -0.39 is 18.2 Å². The number of carbonyl (C=O) groups is 2. The van der Waals surface area contributed by atoms with E-state index in [1.807, 2.05) is 54.7 Å². The SMILES string of the molecule is CC/C=C/C=C/C=C\C=C/C=C/CC(CC(=O)NC(CO)C(O)CCCCCCCCCCCCCCCC)OC(=O)CCCCCC/C=C/C/C=C/C/C=C/CC. The highest BCUT2D eigenvalue weighted by atomic mass is 16.5. The minimum Gasteiger partial charge on any atom is -0.461 e. The van der Waals surface area contributed by atoms with Gasteiger partial charge in [0.1, 0.15) is 6.10 Å². The number of ether oxygens (including phenoxy) is 1. The number of hydrogen-bond donors (Lipinski definition) is 3. The van der Waals surface area contributed by atoms with E-state index in [0.717, 1.165) is 77.0 Å². The van der Waals surface area contributed by atoms with E-state index >= 15 is 0 Å². The molecule has 0 heterocycles. The van der Waals surface area contributed by atoms with Gasteiger partial charge >= 0.3 is 5.97 Å². The van der Waals surface area contributed by atoms with E-state index in [-0.39, 0.29) is 24.9 Å². The summed E-state index contributed by atoms with van der Waals surface area (Å²) in [6.07, 6.45) is 59.2. The van der Waals surface area contributed by atoms with E-state index in [4.69, 9.17) is 4.74 Å². The first-order valence-corrected chi connectivity index (χ1v) is 23.5. The molecule has 0 aromatic carbocycles. The first-order chi connectivity index (χ1) is 28.5. The lowest BCUT2D eigenvalue weighted by Gasteiger charge is -2.24. The smallest absolute Gasteiger partial charge is 0.306 e. The van der Waals surface area contributed by atoms with Gasteiger partial charge in [-0.3, -0.25) is 9.59 Å². The summed E-state index contributed by atoms with van der Waals surface area (Å²) in [5, 5.41) is 23.6. The average molecular weight is 806 g/mol. The van der Waals surface area contributed by atoms with Crippen LogP contribution in [0.2, 0.25) is 0 Å². The van der Waals surface area contributed by atoms with Crippen molar-refractivity contribution in [3.8, 4) is 0 Å². The minimum atomic E-state index is -0.826. The van der Waals surface area contributed by atoms with E-state index in [1.54, 1.807) is 0 Å². The molecule has 0 aromatic rings. The average Bonchev–Trinajstić information content (AvgIpc) is 3.22. The number of amides is 1. The fraction of sp³-hybridized carbons (Fsp3) is 0.654. The van der Waals surface area contributed by atoms with Crippen molar-refractivity contribution in [1.29, 1.82) is 0 Å². The summed E-state index contributed by atoms with van der Waals surface area (Å²) < 4.78 is 5.81. The monoisotopic (exact) mass is 806 g/mol. The zero-order valence-corrected chi connectivity index (χ0v) is 37.4. The molecular formula is C52H87NO5. The van der Waals surface area contributed by atoms with Crippen LogP contribution in [0, 0.1) is 0 Å². The number of nitrogens with one attached hydrogen (secondary N) is 1. The highest BCUT2D eigenvalue weighted by Crippen LogP contribution is 2.16. The molecule has 0 aliphatic carbocycles. The zero-order valence-electron chi connectivity index (χ0n) is 37.4. The predicted octanol–water partition coefficient (Wildman–Crippen LogP) is 13.8. The van der Waals surface area contributed by atoms with Crippen molar-refractivity contribution in [3.63, 3.8) is 0 Å². The van der Waals surface area contributed by atoms with Crippen LogP contribution >= 0.6 is 0 Å². The molecular weight excluding hydrogens is 719 g/mol. The number of unbranched alkanes of at least 4 members (excludes halogenated alkanes) is 17. The van der Waals surface area contributed by atoms with Crippen molar-refractivity contribution < 1.29 is 24.5 Å². The molecule has 0 spiro atoms. The second kappa shape index (κ2) is 44.9. The van der Waals surface area contributed by atoms with Gasteiger partial charge in [-0.25, -0.2) is 0 Å². The van der Waals surface area contributed by atoms with Gasteiger partial charge in [0.15, 0.2) is 0 Å². The molecule has 0 radical (unpaired) electrons.